The van der Waals surface area contributed by atoms with Gasteiger partial charge in [-0.25, -0.2) is 8.42 Å². The van der Waals surface area contributed by atoms with Crippen LogP contribution in [0.3, 0.4) is 0 Å². The summed E-state index contributed by atoms with van der Waals surface area (Å²) in [6.45, 7) is 1.40. The van der Waals surface area contributed by atoms with Crippen molar-refractivity contribution in [2.75, 3.05) is 11.8 Å². The van der Waals surface area contributed by atoms with Crippen LogP contribution >= 0.6 is 0 Å². The standard InChI is InChI=1S/C16H14N2O4S/c1-11(19)12-4-3-5-14(8-12)18-23(20,21)15-6-7-16(22-2)13(9-15)10-17/h3-9,18H,1-2H3. The van der Waals surface area contributed by atoms with E-state index in [0.29, 0.717) is 11.3 Å². The van der Waals surface area contributed by atoms with Crippen LogP contribution in [0.1, 0.15) is 22.8 Å². The monoisotopic (exact) mass is 330 g/mol. The van der Waals surface area contributed by atoms with Gasteiger partial charge >= 0.3 is 0 Å². The lowest BCUT2D eigenvalue weighted by Gasteiger charge is -2.10. The Bertz CT molecular complexity index is 899. The number of hydrogen-bond acceptors (Lipinski definition) is 5. The summed E-state index contributed by atoms with van der Waals surface area (Å²) in [4.78, 5) is 11.3. The Kier molecular flexibility index (Phi) is 4.67. The number of hydrogen-bond donors (Lipinski definition) is 1. The number of rotatable bonds is 5. The Morgan fingerprint density at radius 1 is 1.22 bits per heavy atom. The number of nitrogens with one attached hydrogen (secondary N) is 1. The molecule has 0 fully saturated rings. The third kappa shape index (κ3) is 3.67. The average molecular weight is 330 g/mol. The summed E-state index contributed by atoms with van der Waals surface area (Å²) in [6, 6.07) is 12.1. The minimum Gasteiger partial charge on any atom is -0.495 e. The number of methoxy groups -OCH3 is 1. The first-order valence-electron chi connectivity index (χ1n) is 6.59. The summed E-state index contributed by atoms with van der Waals surface area (Å²) in [5, 5.41) is 9.04. The molecule has 0 unspecified atom stereocenters. The quantitative estimate of drug-likeness (QED) is 0.850. The van der Waals surface area contributed by atoms with E-state index in [1.807, 2.05) is 6.07 Å². The second-order valence-corrected chi connectivity index (χ2v) is 6.40. The Morgan fingerprint density at radius 2 is 1.96 bits per heavy atom. The first-order chi connectivity index (χ1) is 10.9. The van der Waals surface area contributed by atoms with Crippen LogP contribution in [0.4, 0.5) is 5.69 Å². The van der Waals surface area contributed by atoms with Crippen molar-refractivity contribution in [1.82, 2.24) is 0 Å². The zero-order valence-electron chi connectivity index (χ0n) is 12.5. The number of nitrogens with zero attached hydrogens (tertiary/aromatic N) is 1. The Hall–Kier alpha value is -2.85. The molecule has 118 valence electrons. The molecule has 0 spiro atoms. The van der Waals surface area contributed by atoms with E-state index >= 15 is 0 Å². The number of benzene rings is 2. The summed E-state index contributed by atoms with van der Waals surface area (Å²) in [7, 11) is -2.48. The van der Waals surface area contributed by atoms with Crippen molar-refractivity contribution in [2.24, 2.45) is 0 Å². The molecular formula is C16H14N2O4S. The molecule has 0 aromatic heterocycles. The molecule has 6 nitrogen and oxygen atoms in total. The van der Waals surface area contributed by atoms with Crippen molar-refractivity contribution in [2.45, 2.75) is 11.8 Å². The van der Waals surface area contributed by atoms with Gasteiger partial charge in [-0.15, -0.1) is 0 Å². The maximum Gasteiger partial charge on any atom is 0.261 e. The van der Waals surface area contributed by atoms with Crippen molar-refractivity contribution in [1.29, 1.82) is 5.26 Å². The zero-order chi connectivity index (χ0) is 17.0. The van der Waals surface area contributed by atoms with Crippen molar-refractivity contribution in [3.8, 4) is 11.8 Å². The number of ketones is 1. The highest BCUT2D eigenvalue weighted by atomic mass is 32.2. The van der Waals surface area contributed by atoms with Crippen LogP contribution in [0.5, 0.6) is 5.75 Å². The van der Waals surface area contributed by atoms with E-state index in [0.717, 1.165) is 0 Å². The lowest BCUT2D eigenvalue weighted by atomic mass is 10.1. The Balaban J connectivity index is 2.38. The van der Waals surface area contributed by atoms with Gasteiger partial charge in [0.2, 0.25) is 0 Å². The molecule has 23 heavy (non-hydrogen) atoms. The second-order valence-electron chi connectivity index (χ2n) is 4.72. The molecule has 0 saturated carbocycles. The van der Waals surface area contributed by atoms with E-state index in [4.69, 9.17) is 10.00 Å². The van der Waals surface area contributed by atoms with E-state index in [1.165, 1.54) is 38.3 Å². The third-order valence-electron chi connectivity index (χ3n) is 3.12. The molecule has 0 amide bonds. The van der Waals surface area contributed by atoms with E-state index in [9.17, 15) is 13.2 Å². The number of anilines is 1. The highest BCUT2D eigenvalue weighted by Gasteiger charge is 2.17. The fourth-order valence-corrected chi connectivity index (χ4v) is 3.03. The summed E-state index contributed by atoms with van der Waals surface area (Å²) in [5.74, 6) is 0.132. The van der Waals surface area contributed by atoms with Crippen molar-refractivity contribution < 1.29 is 17.9 Å². The SMILES string of the molecule is COc1ccc(S(=O)(=O)Nc2cccc(C(C)=O)c2)cc1C#N. The predicted molar refractivity (Wildman–Crippen MR) is 85.0 cm³/mol. The largest absolute Gasteiger partial charge is 0.495 e. The van der Waals surface area contributed by atoms with Gasteiger partial charge in [-0.05, 0) is 37.3 Å². The van der Waals surface area contributed by atoms with E-state index in [-0.39, 0.29) is 21.9 Å². The lowest BCUT2D eigenvalue weighted by molar-refractivity contribution is 0.101. The molecular weight excluding hydrogens is 316 g/mol. The topological polar surface area (TPSA) is 96.3 Å². The minimum absolute atomic E-state index is 0.0666. The predicted octanol–water partition coefficient (Wildman–Crippen LogP) is 2.57. The van der Waals surface area contributed by atoms with Crippen LogP contribution in [0.25, 0.3) is 0 Å². The zero-order valence-corrected chi connectivity index (χ0v) is 13.3. The van der Waals surface area contributed by atoms with Crippen LogP contribution in [0, 0.1) is 11.3 Å². The maximum absolute atomic E-state index is 12.4. The summed E-state index contributed by atoms with van der Waals surface area (Å²) in [6.07, 6.45) is 0. The molecule has 0 radical (unpaired) electrons. The minimum atomic E-state index is -3.88. The lowest BCUT2D eigenvalue weighted by Crippen LogP contribution is -2.13. The Labute approximate surface area is 134 Å². The van der Waals surface area contributed by atoms with Crippen molar-refractivity contribution >= 4 is 21.5 Å². The Morgan fingerprint density at radius 3 is 2.57 bits per heavy atom. The van der Waals surface area contributed by atoms with Gasteiger partial charge in [-0.2, -0.15) is 5.26 Å². The summed E-state index contributed by atoms with van der Waals surface area (Å²) >= 11 is 0. The third-order valence-corrected chi connectivity index (χ3v) is 4.50. The van der Waals surface area contributed by atoms with Gasteiger partial charge in [0.15, 0.2) is 5.78 Å². The number of Topliss-reactive ketones (excluding diaryl/α,β-unsaturated/α-hetero) is 1. The van der Waals surface area contributed by atoms with Gasteiger partial charge in [0, 0.05) is 11.3 Å². The second kappa shape index (κ2) is 6.50. The van der Waals surface area contributed by atoms with Crippen LogP contribution in [-0.4, -0.2) is 21.3 Å². The van der Waals surface area contributed by atoms with Gasteiger partial charge in [-0.3, -0.25) is 9.52 Å². The molecule has 0 aliphatic heterocycles. The number of carbonyl (C=O) groups excluding carboxylic acids is 1. The first-order valence-corrected chi connectivity index (χ1v) is 8.07. The molecule has 0 heterocycles. The van der Waals surface area contributed by atoms with Crippen LogP contribution in [0.2, 0.25) is 0 Å². The van der Waals surface area contributed by atoms with Gasteiger partial charge in [0.05, 0.1) is 17.6 Å². The highest BCUT2D eigenvalue weighted by Crippen LogP contribution is 2.23. The number of sulfonamides is 1. The number of ether oxygens (including phenoxy) is 1. The van der Waals surface area contributed by atoms with E-state index in [1.54, 1.807) is 18.2 Å². The fraction of sp³-hybridized carbons (Fsp3) is 0.125. The molecule has 0 saturated heterocycles. The molecule has 7 heteroatoms. The van der Waals surface area contributed by atoms with Gasteiger partial charge in [0.25, 0.3) is 10.0 Å². The molecule has 2 rings (SSSR count). The molecule has 0 aliphatic rings. The molecule has 2 aromatic carbocycles. The van der Waals surface area contributed by atoms with Gasteiger partial charge in [0.1, 0.15) is 11.8 Å². The average Bonchev–Trinajstić information content (AvgIpc) is 2.53. The summed E-state index contributed by atoms with van der Waals surface area (Å²) < 4.78 is 32.2. The van der Waals surface area contributed by atoms with Crippen LogP contribution < -0.4 is 9.46 Å². The maximum atomic E-state index is 12.4. The molecule has 0 bridgehead atoms. The molecule has 2 aromatic rings. The van der Waals surface area contributed by atoms with Gasteiger partial charge in [-0.1, -0.05) is 12.1 Å². The first kappa shape index (κ1) is 16.5. The number of carbonyl (C=O) groups is 1. The van der Waals surface area contributed by atoms with Crippen LogP contribution in [0.15, 0.2) is 47.4 Å². The number of nitriles is 1. The van der Waals surface area contributed by atoms with Crippen molar-refractivity contribution in [3.63, 3.8) is 0 Å². The molecule has 1 N–H and O–H groups in total. The van der Waals surface area contributed by atoms with Crippen LogP contribution in [-0.2, 0) is 10.0 Å². The van der Waals surface area contributed by atoms with E-state index in [2.05, 4.69) is 4.72 Å². The summed E-state index contributed by atoms with van der Waals surface area (Å²) in [5.41, 5.74) is 0.789. The van der Waals surface area contributed by atoms with Crippen molar-refractivity contribution in [3.05, 3.63) is 53.6 Å². The smallest absolute Gasteiger partial charge is 0.261 e. The van der Waals surface area contributed by atoms with E-state index < -0.39 is 10.0 Å². The fourth-order valence-electron chi connectivity index (χ4n) is 1.96. The molecule has 0 aliphatic carbocycles. The van der Waals surface area contributed by atoms with Gasteiger partial charge < -0.3 is 4.74 Å². The normalized spacial score (nSPS) is 10.7. The molecule has 0 atom stereocenters. The highest BCUT2D eigenvalue weighted by molar-refractivity contribution is 7.92.